The molecule has 0 atom stereocenters. The highest BCUT2D eigenvalue weighted by molar-refractivity contribution is 6.32. The molecule has 1 aliphatic rings. The average Bonchev–Trinajstić information content (AvgIpc) is 2.91. The number of carbonyl (C=O) groups is 2. The van der Waals surface area contributed by atoms with Crippen molar-refractivity contribution in [2.75, 3.05) is 19.8 Å². The topological polar surface area (TPSA) is 99.9 Å². The minimum atomic E-state index is -0.559. The van der Waals surface area contributed by atoms with Gasteiger partial charge < -0.3 is 25.3 Å². The summed E-state index contributed by atoms with van der Waals surface area (Å²) >= 11 is 6.24. The predicted molar refractivity (Wildman–Crippen MR) is 99.4 cm³/mol. The van der Waals surface area contributed by atoms with E-state index in [9.17, 15) is 9.59 Å². The van der Waals surface area contributed by atoms with Crippen LogP contribution in [0.5, 0.6) is 17.2 Å². The zero-order valence-electron chi connectivity index (χ0n) is 14.5. The molecule has 1 aliphatic heterocycles. The lowest BCUT2D eigenvalue weighted by molar-refractivity contribution is -0.123. The zero-order valence-corrected chi connectivity index (χ0v) is 15.3. The Morgan fingerprint density at radius 1 is 1.19 bits per heavy atom. The van der Waals surface area contributed by atoms with E-state index in [0.717, 1.165) is 12.0 Å². The molecule has 3 N–H and O–H groups in total. The van der Waals surface area contributed by atoms with Gasteiger partial charge >= 0.3 is 0 Å². The summed E-state index contributed by atoms with van der Waals surface area (Å²) < 4.78 is 16.6. The fourth-order valence-electron chi connectivity index (χ4n) is 2.53. The molecule has 0 saturated heterocycles. The van der Waals surface area contributed by atoms with Gasteiger partial charge in [0.2, 0.25) is 5.91 Å². The third-order valence-corrected chi connectivity index (χ3v) is 4.12. The van der Waals surface area contributed by atoms with Gasteiger partial charge in [0, 0.05) is 18.5 Å². The van der Waals surface area contributed by atoms with Crippen LogP contribution < -0.4 is 25.3 Å². The minimum Gasteiger partial charge on any atom is -0.489 e. The summed E-state index contributed by atoms with van der Waals surface area (Å²) in [5, 5.41) is 3.19. The Morgan fingerprint density at radius 2 is 2.00 bits per heavy atom. The highest BCUT2D eigenvalue weighted by Crippen LogP contribution is 2.37. The second-order valence-corrected chi connectivity index (χ2v) is 6.32. The first-order valence-electron chi connectivity index (χ1n) is 8.40. The molecule has 2 aromatic carbocycles. The van der Waals surface area contributed by atoms with E-state index in [0.29, 0.717) is 41.0 Å². The number of amides is 2. The Hall–Kier alpha value is -2.93. The minimum absolute atomic E-state index is 0.194. The Kier molecular flexibility index (Phi) is 6.03. The summed E-state index contributed by atoms with van der Waals surface area (Å²) in [5.74, 6) is 0.615. The van der Waals surface area contributed by atoms with Crippen molar-refractivity contribution in [3.8, 4) is 17.2 Å². The number of halogens is 1. The van der Waals surface area contributed by atoms with Gasteiger partial charge in [0.15, 0.2) is 18.1 Å². The fraction of sp³-hybridized carbons (Fsp3) is 0.263. The Bertz CT molecular complexity index is 856. The number of benzene rings is 2. The van der Waals surface area contributed by atoms with Crippen molar-refractivity contribution < 1.29 is 23.8 Å². The van der Waals surface area contributed by atoms with E-state index >= 15 is 0 Å². The SMILES string of the molecule is NC(=O)c1cccc(OCC(=O)NCc2cc(Cl)c3c(c2)OCCCO3)c1. The number of ether oxygens (including phenoxy) is 3. The molecule has 0 fully saturated rings. The second kappa shape index (κ2) is 8.64. The highest BCUT2D eigenvalue weighted by Gasteiger charge is 2.16. The van der Waals surface area contributed by atoms with Gasteiger partial charge in [0.05, 0.1) is 18.2 Å². The van der Waals surface area contributed by atoms with Gasteiger partial charge in [-0.25, -0.2) is 0 Å². The molecule has 1 heterocycles. The molecular weight excluding hydrogens is 372 g/mol. The Morgan fingerprint density at radius 3 is 2.81 bits per heavy atom. The van der Waals surface area contributed by atoms with Crippen LogP contribution >= 0.6 is 11.6 Å². The average molecular weight is 391 g/mol. The molecule has 0 aromatic heterocycles. The van der Waals surface area contributed by atoms with E-state index in [2.05, 4.69) is 5.32 Å². The van der Waals surface area contributed by atoms with Crippen LogP contribution in [0.15, 0.2) is 36.4 Å². The highest BCUT2D eigenvalue weighted by atomic mass is 35.5. The first kappa shape index (κ1) is 18.8. The largest absolute Gasteiger partial charge is 0.489 e. The summed E-state index contributed by atoms with van der Waals surface area (Å²) in [5.41, 5.74) is 6.32. The molecule has 0 spiro atoms. The van der Waals surface area contributed by atoms with E-state index < -0.39 is 5.91 Å². The smallest absolute Gasteiger partial charge is 0.258 e. The Balaban J connectivity index is 1.55. The molecule has 142 valence electrons. The van der Waals surface area contributed by atoms with E-state index in [1.165, 1.54) is 6.07 Å². The normalized spacial score (nSPS) is 12.8. The van der Waals surface area contributed by atoms with Gasteiger partial charge in [-0.3, -0.25) is 9.59 Å². The van der Waals surface area contributed by atoms with Crippen LogP contribution in [0.1, 0.15) is 22.3 Å². The molecule has 7 nitrogen and oxygen atoms in total. The van der Waals surface area contributed by atoms with Crippen LogP contribution in [-0.2, 0) is 11.3 Å². The fourth-order valence-corrected chi connectivity index (χ4v) is 2.81. The van der Waals surface area contributed by atoms with Crippen molar-refractivity contribution in [2.24, 2.45) is 5.73 Å². The molecular formula is C19H19ClN2O5. The lowest BCUT2D eigenvalue weighted by Gasteiger charge is -2.12. The Labute approximate surface area is 161 Å². The maximum atomic E-state index is 12.0. The number of nitrogens with two attached hydrogens (primary N) is 1. The van der Waals surface area contributed by atoms with Gasteiger partial charge in [-0.05, 0) is 35.9 Å². The first-order chi connectivity index (χ1) is 13.0. The second-order valence-electron chi connectivity index (χ2n) is 5.91. The van der Waals surface area contributed by atoms with Gasteiger partial charge in [0.25, 0.3) is 5.91 Å². The number of primary amides is 1. The van der Waals surface area contributed by atoms with Crippen LogP contribution in [0, 0.1) is 0 Å². The number of carbonyl (C=O) groups excluding carboxylic acids is 2. The third-order valence-electron chi connectivity index (χ3n) is 3.84. The van der Waals surface area contributed by atoms with Crippen LogP contribution in [0.2, 0.25) is 5.02 Å². The van der Waals surface area contributed by atoms with Crippen molar-refractivity contribution in [2.45, 2.75) is 13.0 Å². The lowest BCUT2D eigenvalue weighted by Crippen LogP contribution is -2.28. The predicted octanol–water partition coefficient (Wildman–Crippen LogP) is 2.30. The third kappa shape index (κ3) is 5.04. The summed E-state index contributed by atoms with van der Waals surface area (Å²) in [6.07, 6.45) is 0.783. The number of fused-ring (bicyclic) bond motifs is 1. The molecule has 2 amide bonds. The summed E-state index contributed by atoms with van der Waals surface area (Å²) in [6.45, 7) is 1.18. The molecule has 27 heavy (non-hydrogen) atoms. The van der Waals surface area contributed by atoms with E-state index in [1.54, 1.807) is 30.3 Å². The monoisotopic (exact) mass is 390 g/mol. The molecule has 8 heteroatoms. The van der Waals surface area contributed by atoms with Crippen molar-refractivity contribution in [3.63, 3.8) is 0 Å². The molecule has 2 aromatic rings. The molecule has 0 saturated carbocycles. The summed E-state index contributed by atoms with van der Waals surface area (Å²) in [6, 6.07) is 9.86. The van der Waals surface area contributed by atoms with Crippen LogP contribution in [0.25, 0.3) is 0 Å². The zero-order chi connectivity index (χ0) is 19.2. The van der Waals surface area contributed by atoms with Gasteiger partial charge in [-0.2, -0.15) is 0 Å². The molecule has 0 unspecified atom stereocenters. The molecule has 0 aliphatic carbocycles. The van der Waals surface area contributed by atoms with Crippen LogP contribution in [0.4, 0.5) is 0 Å². The molecule has 0 bridgehead atoms. The maximum absolute atomic E-state index is 12.0. The van der Waals surface area contributed by atoms with Crippen LogP contribution in [0.3, 0.4) is 0 Å². The van der Waals surface area contributed by atoms with Crippen molar-refractivity contribution in [1.82, 2.24) is 5.32 Å². The molecule has 0 radical (unpaired) electrons. The maximum Gasteiger partial charge on any atom is 0.258 e. The van der Waals surface area contributed by atoms with Crippen molar-refractivity contribution >= 4 is 23.4 Å². The number of hydrogen-bond acceptors (Lipinski definition) is 5. The van der Waals surface area contributed by atoms with Crippen molar-refractivity contribution in [3.05, 3.63) is 52.5 Å². The lowest BCUT2D eigenvalue weighted by atomic mass is 10.2. The quantitative estimate of drug-likeness (QED) is 0.788. The van der Waals surface area contributed by atoms with Crippen LogP contribution in [-0.4, -0.2) is 31.6 Å². The number of hydrogen-bond donors (Lipinski definition) is 2. The number of nitrogens with one attached hydrogen (secondary N) is 1. The summed E-state index contributed by atoms with van der Waals surface area (Å²) in [7, 11) is 0. The van der Waals surface area contributed by atoms with E-state index in [1.807, 2.05) is 0 Å². The van der Waals surface area contributed by atoms with Gasteiger partial charge in [-0.15, -0.1) is 0 Å². The van der Waals surface area contributed by atoms with Crippen molar-refractivity contribution in [1.29, 1.82) is 0 Å². The first-order valence-corrected chi connectivity index (χ1v) is 8.78. The summed E-state index contributed by atoms with van der Waals surface area (Å²) in [4.78, 5) is 23.2. The standard InChI is InChI=1S/C19H19ClN2O5/c20-15-7-12(8-16-18(15)26-6-2-5-25-16)10-22-17(23)11-27-14-4-1-3-13(9-14)19(21)24/h1,3-4,7-9H,2,5-6,10-11H2,(H2,21,24)(H,22,23). The molecule has 3 rings (SSSR count). The number of rotatable bonds is 6. The van der Waals surface area contributed by atoms with E-state index in [4.69, 9.17) is 31.5 Å². The van der Waals surface area contributed by atoms with Gasteiger partial charge in [-0.1, -0.05) is 17.7 Å². The van der Waals surface area contributed by atoms with E-state index in [-0.39, 0.29) is 19.1 Å². The van der Waals surface area contributed by atoms with Gasteiger partial charge in [0.1, 0.15) is 5.75 Å².